The van der Waals surface area contributed by atoms with Crippen LogP contribution in [0.4, 0.5) is 0 Å². The lowest BCUT2D eigenvalue weighted by atomic mass is 10.3. The molecule has 1 aliphatic rings. The minimum atomic E-state index is -3.21. The lowest BCUT2D eigenvalue weighted by molar-refractivity contribution is 0.308. The largest absolute Gasteiger partial charge is 0.329 e. The van der Waals surface area contributed by atoms with Crippen LogP contribution in [-0.4, -0.2) is 62.6 Å². The summed E-state index contributed by atoms with van der Waals surface area (Å²) in [5, 5.41) is -0.439. The van der Waals surface area contributed by atoms with Crippen molar-refractivity contribution < 1.29 is 8.42 Å². The van der Waals surface area contributed by atoms with E-state index in [1.807, 2.05) is 6.92 Å². The summed E-state index contributed by atoms with van der Waals surface area (Å²) in [5.41, 5.74) is 5.51. The van der Waals surface area contributed by atoms with Crippen molar-refractivity contribution in [3.8, 4) is 0 Å². The monoisotopic (exact) mass is 263 g/mol. The van der Waals surface area contributed by atoms with E-state index in [0.717, 1.165) is 19.6 Å². The van der Waals surface area contributed by atoms with Crippen LogP contribution < -0.4 is 5.73 Å². The molecule has 102 valence electrons. The van der Waals surface area contributed by atoms with Crippen molar-refractivity contribution in [1.29, 1.82) is 0 Å². The zero-order valence-corrected chi connectivity index (χ0v) is 11.7. The van der Waals surface area contributed by atoms with Crippen LogP contribution in [0.15, 0.2) is 0 Å². The number of rotatable bonds is 7. The molecule has 0 aliphatic carbocycles. The molecule has 1 saturated heterocycles. The summed E-state index contributed by atoms with van der Waals surface area (Å²) in [4.78, 5) is 2.31. The summed E-state index contributed by atoms with van der Waals surface area (Å²) >= 11 is 0. The average Bonchev–Trinajstić information content (AvgIpc) is 2.79. The average molecular weight is 263 g/mol. The molecule has 0 aromatic heterocycles. The molecule has 1 rings (SSSR count). The van der Waals surface area contributed by atoms with E-state index in [2.05, 4.69) is 4.90 Å². The Balaban J connectivity index is 2.47. The van der Waals surface area contributed by atoms with Gasteiger partial charge in [-0.15, -0.1) is 0 Å². The summed E-state index contributed by atoms with van der Waals surface area (Å²) in [6, 6.07) is 0. The highest BCUT2D eigenvalue weighted by Crippen LogP contribution is 2.11. The Morgan fingerprint density at radius 2 is 1.94 bits per heavy atom. The van der Waals surface area contributed by atoms with Crippen molar-refractivity contribution >= 4 is 10.0 Å². The predicted octanol–water partition coefficient (Wildman–Crippen LogP) is 0.0811. The number of hydrogen-bond donors (Lipinski definition) is 1. The van der Waals surface area contributed by atoms with Gasteiger partial charge in [0.2, 0.25) is 10.0 Å². The van der Waals surface area contributed by atoms with Crippen LogP contribution in [-0.2, 0) is 10.0 Å². The van der Waals surface area contributed by atoms with E-state index < -0.39 is 15.3 Å². The van der Waals surface area contributed by atoms with E-state index in [0.29, 0.717) is 13.0 Å². The first-order chi connectivity index (χ1) is 8.02. The molecular weight excluding hydrogens is 238 g/mol. The second-order valence-electron chi connectivity index (χ2n) is 4.68. The fourth-order valence-electron chi connectivity index (χ4n) is 2.17. The van der Waals surface area contributed by atoms with E-state index >= 15 is 0 Å². The molecule has 1 fully saturated rings. The van der Waals surface area contributed by atoms with Crippen LogP contribution in [0.3, 0.4) is 0 Å². The van der Waals surface area contributed by atoms with Crippen molar-refractivity contribution in [2.24, 2.45) is 5.73 Å². The molecule has 0 bridgehead atoms. The fraction of sp³-hybridized carbons (Fsp3) is 1.00. The fourth-order valence-corrected chi connectivity index (χ4v) is 3.68. The molecule has 1 heterocycles. The Kier molecular flexibility index (Phi) is 5.85. The first-order valence-corrected chi connectivity index (χ1v) is 7.90. The number of nitrogens with two attached hydrogens (primary N) is 1. The summed E-state index contributed by atoms with van der Waals surface area (Å²) in [7, 11) is -1.55. The molecule has 0 radical (unpaired) electrons. The maximum absolute atomic E-state index is 12.1. The van der Waals surface area contributed by atoms with Gasteiger partial charge in [-0.2, -0.15) is 0 Å². The van der Waals surface area contributed by atoms with Gasteiger partial charge in [0, 0.05) is 26.7 Å². The second-order valence-corrected chi connectivity index (χ2v) is 7.00. The summed E-state index contributed by atoms with van der Waals surface area (Å²) in [5.74, 6) is 0. The predicted molar refractivity (Wildman–Crippen MR) is 70.4 cm³/mol. The van der Waals surface area contributed by atoms with Gasteiger partial charge in [-0.1, -0.05) is 6.92 Å². The third-order valence-electron chi connectivity index (χ3n) is 3.50. The zero-order valence-electron chi connectivity index (χ0n) is 10.9. The number of nitrogens with zero attached hydrogens (tertiary/aromatic N) is 2. The lowest BCUT2D eigenvalue weighted by Crippen LogP contribution is -2.42. The first kappa shape index (κ1) is 14.9. The zero-order chi connectivity index (χ0) is 12.9. The molecule has 1 aliphatic heterocycles. The highest BCUT2D eigenvalue weighted by atomic mass is 32.2. The standard InChI is InChI=1S/C11H25N3O2S/c1-3-11(10-12)17(15,16)13(2)8-9-14-6-4-5-7-14/h11H,3-10,12H2,1-2H3. The van der Waals surface area contributed by atoms with E-state index in [1.165, 1.54) is 17.1 Å². The van der Waals surface area contributed by atoms with Crippen molar-refractivity contribution in [3.63, 3.8) is 0 Å². The molecule has 6 heteroatoms. The van der Waals surface area contributed by atoms with Crippen LogP contribution in [0.25, 0.3) is 0 Å². The second kappa shape index (κ2) is 6.68. The Labute approximate surface area is 105 Å². The van der Waals surface area contributed by atoms with E-state index in [4.69, 9.17) is 5.73 Å². The summed E-state index contributed by atoms with van der Waals surface area (Å²) < 4.78 is 25.7. The number of likely N-dealkylation sites (N-methyl/N-ethyl adjacent to an activating group) is 1. The van der Waals surface area contributed by atoms with Crippen LogP contribution in [0.5, 0.6) is 0 Å². The molecule has 5 nitrogen and oxygen atoms in total. The van der Waals surface area contributed by atoms with Crippen LogP contribution in [0.1, 0.15) is 26.2 Å². The highest BCUT2D eigenvalue weighted by Gasteiger charge is 2.27. The van der Waals surface area contributed by atoms with Crippen LogP contribution in [0, 0.1) is 0 Å². The van der Waals surface area contributed by atoms with Gasteiger partial charge in [-0.3, -0.25) is 0 Å². The number of likely N-dealkylation sites (tertiary alicyclic amines) is 1. The van der Waals surface area contributed by atoms with E-state index in [9.17, 15) is 8.42 Å². The van der Waals surface area contributed by atoms with Crippen molar-refractivity contribution in [1.82, 2.24) is 9.21 Å². The van der Waals surface area contributed by atoms with Gasteiger partial charge in [0.1, 0.15) is 0 Å². The molecule has 1 unspecified atom stereocenters. The number of hydrogen-bond acceptors (Lipinski definition) is 4. The molecule has 0 saturated carbocycles. The minimum Gasteiger partial charge on any atom is -0.329 e. The maximum Gasteiger partial charge on any atom is 0.218 e. The summed E-state index contributed by atoms with van der Waals surface area (Å²) in [6.45, 7) is 5.66. The van der Waals surface area contributed by atoms with Crippen molar-refractivity contribution in [2.75, 3.05) is 39.8 Å². The molecule has 0 spiro atoms. The van der Waals surface area contributed by atoms with E-state index in [-0.39, 0.29) is 6.54 Å². The SMILES string of the molecule is CCC(CN)S(=O)(=O)N(C)CCN1CCCC1. The van der Waals surface area contributed by atoms with Gasteiger partial charge in [-0.25, -0.2) is 12.7 Å². The smallest absolute Gasteiger partial charge is 0.218 e. The van der Waals surface area contributed by atoms with Gasteiger partial charge in [0.05, 0.1) is 5.25 Å². The van der Waals surface area contributed by atoms with Crippen molar-refractivity contribution in [3.05, 3.63) is 0 Å². The van der Waals surface area contributed by atoms with Gasteiger partial charge in [0.25, 0.3) is 0 Å². The Morgan fingerprint density at radius 3 is 2.41 bits per heavy atom. The van der Waals surface area contributed by atoms with Gasteiger partial charge >= 0.3 is 0 Å². The van der Waals surface area contributed by atoms with Crippen LogP contribution in [0.2, 0.25) is 0 Å². The number of sulfonamides is 1. The van der Waals surface area contributed by atoms with Gasteiger partial charge < -0.3 is 10.6 Å². The molecule has 1 atom stereocenters. The van der Waals surface area contributed by atoms with Crippen LogP contribution >= 0.6 is 0 Å². The molecule has 17 heavy (non-hydrogen) atoms. The van der Waals surface area contributed by atoms with Crippen molar-refractivity contribution in [2.45, 2.75) is 31.4 Å². The van der Waals surface area contributed by atoms with E-state index in [1.54, 1.807) is 7.05 Å². The molecule has 0 aromatic carbocycles. The maximum atomic E-state index is 12.1. The van der Waals surface area contributed by atoms with Gasteiger partial charge in [0.15, 0.2) is 0 Å². The minimum absolute atomic E-state index is 0.201. The topological polar surface area (TPSA) is 66.6 Å². The quantitative estimate of drug-likeness (QED) is 0.706. The van der Waals surface area contributed by atoms with Gasteiger partial charge in [-0.05, 0) is 32.4 Å². The molecule has 0 aromatic rings. The Morgan fingerprint density at radius 1 is 1.35 bits per heavy atom. The normalized spacial score (nSPS) is 20.0. The third kappa shape index (κ3) is 3.91. The summed E-state index contributed by atoms with van der Waals surface area (Å²) in [6.07, 6.45) is 3.04. The third-order valence-corrected chi connectivity index (χ3v) is 5.92. The molecule has 0 amide bonds. The Bertz CT molecular complexity index is 309. The molecule has 2 N–H and O–H groups in total. The highest BCUT2D eigenvalue weighted by molar-refractivity contribution is 7.89. The first-order valence-electron chi connectivity index (χ1n) is 6.40. The lowest BCUT2D eigenvalue weighted by Gasteiger charge is -2.24. The Hall–Kier alpha value is -0.170. The molecular formula is C11H25N3O2S.